The fourth-order valence-corrected chi connectivity index (χ4v) is 4.63. The lowest BCUT2D eigenvalue weighted by Crippen LogP contribution is -2.42. The Kier molecular flexibility index (Phi) is 7.47. The molecule has 1 aliphatic rings. The maximum Gasteiger partial charge on any atom is 0.363 e. The number of hydroxylamine groups is 2. The van der Waals surface area contributed by atoms with E-state index >= 15 is 0 Å². The third kappa shape index (κ3) is 4.60. The Balaban J connectivity index is 1.79. The van der Waals surface area contributed by atoms with E-state index in [0.717, 1.165) is 11.1 Å². The van der Waals surface area contributed by atoms with Crippen LogP contribution in [0.3, 0.4) is 0 Å². The Hall–Kier alpha value is -4.01. The number of hydrogen-bond donors (Lipinski definition) is 2. The molecule has 8 nitrogen and oxygen atoms in total. The Morgan fingerprint density at radius 3 is 1.94 bits per heavy atom. The smallest absolute Gasteiger partial charge is 0.363 e. The van der Waals surface area contributed by atoms with Gasteiger partial charge in [0.05, 0.1) is 24.2 Å². The first-order chi connectivity index (χ1) is 17.4. The summed E-state index contributed by atoms with van der Waals surface area (Å²) in [4.78, 5) is 41.3. The number of aliphatic hydroxyl groups excluding tert-OH is 2. The molecule has 1 aliphatic heterocycles. The Morgan fingerprint density at radius 1 is 0.889 bits per heavy atom. The van der Waals surface area contributed by atoms with Gasteiger partial charge in [-0.1, -0.05) is 54.6 Å². The van der Waals surface area contributed by atoms with E-state index < -0.39 is 29.3 Å². The zero-order valence-electron chi connectivity index (χ0n) is 19.8. The van der Waals surface area contributed by atoms with Gasteiger partial charge in [-0.25, -0.2) is 4.79 Å². The molecule has 186 valence electrons. The van der Waals surface area contributed by atoms with Crippen molar-refractivity contribution in [2.45, 2.75) is 30.8 Å². The molecule has 3 aromatic rings. The number of carbonyl (C=O) groups is 3. The number of imide groups is 1. The van der Waals surface area contributed by atoms with Crippen LogP contribution in [0.25, 0.3) is 0 Å². The number of benzene rings is 3. The summed E-state index contributed by atoms with van der Waals surface area (Å²) >= 11 is 0. The highest BCUT2D eigenvalue weighted by Crippen LogP contribution is 2.44. The minimum absolute atomic E-state index is 0.00918. The molecule has 0 radical (unpaired) electrons. The number of ether oxygens (including phenoxy) is 1. The van der Waals surface area contributed by atoms with E-state index in [2.05, 4.69) is 0 Å². The van der Waals surface area contributed by atoms with E-state index in [0.29, 0.717) is 16.4 Å². The van der Waals surface area contributed by atoms with Crippen LogP contribution in [0.15, 0.2) is 78.9 Å². The molecule has 0 spiro atoms. The summed E-state index contributed by atoms with van der Waals surface area (Å²) < 4.78 is 5.31. The predicted octanol–water partition coefficient (Wildman–Crippen LogP) is 2.99. The van der Waals surface area contributed by atoms with E-state index in [4.69, 9.17) is 9.57 Å². The second-order valence-corrected chi connectivity index (χ2v) is 8.47. The second kappa shape index (κ2) is 10.7. The number of carbonyl (C=O) groups excluding carboxylic acids is 3. The molecule has 1 saturated heterocycles. The fourth-order valence-electron chi connectivity index (χ4n) is 4.63. The largest absolute Gasteiger partial charge is 0.497 e. The summed E-state index contributed by atoms with van der Waals surface area (Å²) in [5.41, 5.74) is 1.28. The third-order valence-corrected chi connectivity index (χ3v) is 6.43. The second-order valence-electron chi connectivity index (χ2n) is 8.47. The first kappa shape index (κ1) is 25.1. The van der Waals surface area contributed by atoms with Gasteiger partial charge in [0, 0.05) is 19.4 Å². The minimum atomic E-state index is -1.08. The third-order valence-electron chi connectivity index (χ3n) is 6.43. The Morgan fingerprint density at radius 2 is 1.42 bits per heavy atom. The number of hydrogen-bond acceptors (Lipinski definition) is 7. The average molecular weight is 490 g/mol. The summed E-state index contributed by atoms with van der Waals surface area (Å²) in [6.07, 6.45) is -0.898. The highest BCUT2D eigenvalue weighted by molar-refractivity contribution is 6.02. The summed E-state index contributed by atoms with van der Waals surface area (Å²) in [7, 11) is 1.57. The molecule has 2 N–H and O–H groups in total. The van der Waals surface area contributed by atoms with E-state index in [1.165, 1.54) is 12.1 Å². The lowest BCUT2D eigenvalue weighted by molar-refractivity contribution is -0.172. The van der Waals surface area contributed by atoms with E-state index in [9.17, 15) is 24.6 Å². The zero-order chi connectivity index (χ0) is 25.7. The molecule has 4 rings (SSSR count). The minimum Gasteiger partial charge on any atom is -0.497 e. The van der Waals surface area contributed by atoms with E-state index in [1.54, 1.807) is 31.4 Å². The van der Waals surface area contributed by atoms with Gasteiger partial charge in [0.15, 0.2) is 0 Å². The maximum atomic E-state index is 12.6. The van der Waals surface area contributed by atoms with Crippen molar-refractivity contribution in [3.8, 4) is 5.75 Å². The van der Waals surface area contributed by atoms with Crippen LogP contribution in [-0.4, -0.2) is 52.9 Å². The molecular formula is C28H27NO7. The first-order valence-electron chi connectivity index (χ1n) is 11.6. The van der Waals surface area contributed by atoms with Crippen LogP contribution in [0.5, 0.6) is 5.75 Å². The summed E-state index contributed by atoms with van der Waals surface area (Å²) in [6, 6.07) is 23.2. The topological polar surface area (TPSA) is 113 Å². The SMILES string of the molecule is COc1ccc(C(c2ccccc2)(c2ccc(C(=O)ON3C(=O)CCC3=O)cc2)C(O)CCO)cc1. The predicted molar refractivity (Wildman–Crippen MR) is 130 cm³/mol. The highest BCUT2D eigenvalue weighted by atomic mass is 16.7. The normalized spacial score (nSPS) is 15.9. The van der Waals surface area contributed by atoms with Crippen LogP contribution in [-0.2, 0) is 19.8 Å². The van der Waals surface area contributed by atoms with Gasteiger partial charge < -0.3 is 19.8 Å². The van der Waals surface area contributed by atoms with Crippen molar-refractivity contribution >= 4 is 17.8 Å². The van der Waals surface area contributed by atoms with Crippen LogP contribution >= 0.6 is 0 Å². The molecule has 0 saturated carbocycles. The molecule has 1 fully saturated rings. The van der Waals surface area contributed by atoms with Crippen LogP contribution in [0, 0.1) is 0 Å². The highest BCUT2D eigenvalue weighted by Gasteiger charge is 2.43. The molecule has 8 heteroatoms. The van der Waals surface area contributed by atoms with Gasteiger partial charge in [-0.2, -0.15) is 0 Å². The van der Waals surface area contributed by atoms with Crippen LogP contribution in [0.2, 0.25) is 0 Å². The Labute approximate surface area is 208 Å². The lowest BCUT2D eigenvalue weighted by atomic mass is 9.65. The molecule has 36 heavy (non-hydrogen) atoms. The van der Waals surface area contributed by atoms with Gasteiger partial charge in [-0.3, -0.25) is 9.59 Å². The zero-order valence-corrected chi connectivity index (χ0v) is 19.8. The molecule has 2 unspecified atom stereocenters. The molecule has 2 atom stereocenters. The molecule has 0 bridgehead atoms. The quantitative estimate of drug-likeness (QED) is 0.351. The van der Waals surface area contributed by atoms with E-state index in [-0.39, 0.29) is 31.4 Å². The summed E-state index contributed by atoms with van der Waals surface area (Å²) in [5.74, 6) is -1.29. The molecule has 0 aliphatic carbocycles. The van der Waals surface area contributed by atoms with Gasteiger partial charge in [-0.05, 0) is 47.4 Å². The van der Waals surface area contributed by atoms with Crippen molar-refractivity contribution in [3.05, 3.63) is 101 Å². The molecule has 1 heterocycles. The summed E-state index contributed by atoms with van der Waals surface area (Å²) in [6.45, 7) is -0.228. The number of aliphatic hydroxyl groups is 2. The summed E-state index contributed by atoms with van der Waals surface area (Å²) in [5, 5.41) is 21.7. The number of nitrogens with zero attached hydrogens (tertiary/aromatic N) is 1. The van der Waals surface area contributed by atoms with Gasteiger partial charge in [0.2, 0.25) is 0 Å². The van der Waals surface area contributed by atoms with Crippen LogP contribution < -0.4 is 4.74 Å². The number of amides is 2. The van der Waals surface area contributed by atoms with Gasteiger partial charge in [-0.15, -0.1) is 5.06 Å². The Bertz CT molecular complexity index is 1210. The fraction of sp³-hybridized carbons (Fsp3) is 0.250. The van der Waals surface area contributed by atoms with Crippen molar-refractivity contribution in [3.63, 3.8) is 0 Å². The van der Waals surface area contributed by atoms with Crippen molar-refractivity contribution in [1.29, 1.82) is 0 Å². The van der Waals surface area contributed by atoms with Gasteiger partial charge in [0.25, 0.3) is 11.8 Å². The number of rotatable bonds is 9. The van der Waals surface area contributed by atoms with Crippen molar-refractivity contribution in [2.75, 3.05) is 13.7 Å². The van der Waals surface area contributed by atoms with Crippen LogP contribution in [0.1, 0.15) is 46.3 Å². The lowest BCUT2D eigenvalue weighted by Gasteiger charge is -2.40. The molecule has 0 aromatic heterocycles. The standard InChI is InChI=1S/C28H27NO7/c1-35-23-13-11-22(12-14-23)28(24(31)17-18-30,20-5-3-2-4-6-20)21-9-7-19(8-10-21)27(34)36-29-25(32)15-16-26(29)33/h2-14,24,30-31H,15-18H2,1H3. The van der Waals surface area contributed by atoms with Gasteiger partial charge in [0.1, 0.15) is 5.75 Å². The first-order valence-corrected chi connectivity index (χ1v) is 11.6. The molecule has 2 amide bonds. The number of methoxy groups -OCH3 is 1. The van der Waals surface area contributed by atoms with Crippen molar-refractivity contribution < 1.29 is 34.2 Å². The van der Waals surface area contributed by atoms with E-state index in [1.807, 2.05) is 42.5 Å². The van der Waals surface area contributed by atoms with Crippen LogP contribution in [0.4, 0.5) is 0 Å². The monoisotopic (exact) mass is 489 g/mol. The van der Waals surface area contributed by atoms with Crippen molar-refractivity contribution in [2.24, 2.45) is 0 Å². The molecular weight excluding hydrogens is 462 g/mol. The maximum absolute atomic E-state index is 12.6. The molecule has 3 aromatic carbocycles. The van der Waals surface area contributed by atoms with Crippen molar-refractivity contribution in [1.82, 2.24) is 5.06 Å². The van der Waals surface area contributed by atoms with Gasteiger partial charge >= 0.3 is 5.97 Å². The average Bonchev–Trinajstić information content (AvgIpc) is 3.23.